The van der Waals surface area contributed by atoms with Crippen LogP contribution < -0.4 is 9.62 Å². The predicted octanol–water partition coefficient (Wildman–Crippen LogP) is 3.75. The van der Waals surface area contributed by atoms with Gasteiger partial charge in [-0.2, -0.15) is 0 Å². The standard InChI is InChI=1S/C18H21ClN2O3S/c1-12-9-10-13(2)17(11-12)21(25(4,23)24)14(3)18(22)20-16-8-6-5-7-15(16)19/h5-11,14H,1-4H3,(H,20,22)/t14-/m0/s1. The molecule has 0 aromatic heterocycles. The topological polar surface area (TPSA) is 66.5 Å². The molecule has 0 aliphatic carbocycles. The summed E-state index contributed by atoms with van der Waals surface area (Å²) in [5, 5.41) is 3.08. The lowest BCUT2D eigenvalue weighted by molar-refractivity contribution is -0.116. The van der Waals surface area contributed by atoms with Crippen molar-refractivity contribution in [3.05, 3.63) is 58.6 Å². The van der Waals surface area contributed by atoms with Crippen LogP contribution in [0.15, 0.2) is 42.5 Å². The molecule has 0 bridgehead atoms. The second-order valence-electron chi connectivity index (χ2n) is 5.99. The summed E-state index contributed by atoms with van der Waals surface area (Å²) in [4.78, 5) is 12.6. The molecule has 0 aliphatic rings. The summed E-state index contributed by atoms with van der Waals surface area (Å²) >= 11 is 6.06. The Labute approximate surface area is 153 Å². The molecule has 2 rings (SSSR count). The highest BCUT2D eigenvalue weighted by Gasteiger charge is 2.30. The maximum Gasteiger partial charge on any atom is 0.248 e. The molecular weight excluding hydrogens is 360 g/mol. The van der Waals surface area contributed by atoms with Crippen LogP contribution in [0.3, 0.4) is 0 Å². The van der Waals surface area contributed by atoms with Crippen molar-refractivity contribution in [3.63, 3.8) is 0 Å². The lowest BCUT2D eigenvalue weighted by Gasteiger charge is -2.29. The number of hydrogen-bond donors (Lipinski definition) is 1. The van der Waals surface area contributed by atoms with Crippen LogP contribution in [0.2, 0.25) is 5.02 Å². The van der Waals surface area contributed by atoms with Gasteiger partial charge in [-0.05, 0) is 50.1 Å². The van der Waals surface area contributed by atoms with Gasteiger partial charge in [-0.25, -0.2) is 8.42 Å². The van der Waals surface area contributed by atoms with Gasteiger partial charge in [0.05, 0.1) is 22.7 Å². The van der Waals surface area contributed by atoms with Crippen molar-refractivity contribution >= 4 is 38.9 Å². The highest BCUT2D eigenvalue weighted by molar-refractivity contribution is 7.92. The van der Waals surface area contributed by atoms with E-state index in [1.54, 1.807) is 37.3 Å². The fraction of sp³-hybridized carbons (Fsp3) is 0.278. The molecule has 2 aromatic carbocycles. The Hall–Kier alpha value is -2.05. The number of hydrogen-bond acceptors (Lipinski definition) is 3. The molecule has 2 aromatic rings. The van der Waals surface area contributed by atoms with Crippen LogP contribution in [0.4, 0.5) is 11.4 Å². The number of aryl methyl sites for hydroxylation is 2. The van der Waals surface area contributed by atoms with Crippen molar-refractivity contribution in [2.75, 3.05) is 15.9 Å². The second kappa shape index (κ2) is 7.45. The van der Waals surface area contributed by atoms with E-state index in [-0.39, 0.29) is 0 Å². The Morgan fingerprint density at radius 1 is 1.16 bits per heavy atom. The van der Waals surface area contributed by atoms with Crippen LogP contribution in [0, 0.1) is 13.8 Å². The van der Waals surface area contributed by atoms with Crippen LogP contribution in [-0.4, -0.2) is 26.6 Å². The van der Waals surface area contributed by atoms with Crippen LogP contribution in [0.5, 0.6) is 0 Å². The molecule has 0 aliphatic heterocycles. The van der Waals surface area contributed by atoms with Crippen molar-refractivity contribution in [1.82, 2.24) is 0 Å². The SMILES string of the molecule is Cc1ccc(C)c(N([C@@H](C)C(=O)Nc2ccccc2Cl)S(C)(=O)=O)c1. The minimum atomic E-state index is -3.66. The number of anilines is 2. The predicted molar refractivity (Wildman–Crippen MR) is 103 cm³/mol. The summed E-state index contributed by atoms with van der Waals surface area (Å²) in [6.45, 7) is 5.23. The van der Waals surface area contributed by atoms with Crippen molar-refractivity contribution in [2.45, 2.75) is 26.8 Å². The molecule has 0 unspecified atom stereocenters. The molecule has 134 valence electrons. The summed E-state index contributed by atoms with van der Waals surface area (Å²) in [5.41, 5.74) is 2.61. The number of sulfonamides is 1. The van der Waals surface area contributed by atoms with Gasteiger partial charge in [0, 0.05) is 0 Å². The van der Waals surface area contributed by atoms with E-state index in [0.29, 0.717) is 16.4 Å². The number of benzene rings is 2. The normalized spacial score (nSPS) is 12.5. The third kappa shape index (κ3) is 4.52. The van der Waals surface area contributed by atoms with Crippen molar-refractivity contribution in [2.24, 2.45) is 0 Å². The average molecular weight is 381 g/mol. The van der Waals surface area contributed by atoms with Gasteiger partial charge in [-0.3, -0.25) is 9.10 Å². The zero-order valence-electron chi connectivity index (χ0n) is 14.6. The largest absolute Gasteiger partial charge is 0.323 e. The molecule has 1 N–H and O–H groups in total. The first kappa shape index (κ1) is 19.3. The number of para-hydroxylation sites is 1. The zero-order chi connectivity index (χ0) is 18.8. The van der Waals surface area contributed by atoms with Crippen LogP contribution in [-0.2, 0) is 14.8 Å². The molecule has 0 radical (unpaired) electrons. The van der Waals surface area contributed by atoms with Gasteiger partial charge < -0.3 is 5.32 Å². The first-order valence-electron chi connectivity index (χ1n) is 7.73. The van der Waals surface area contributed by atoms with E-state index < -0.39 is 22.0 Å². The van der Waals surface area contributed by atoms with E-state index in [2.05, 4.69) is 5.32 Å². The van der Waals surface area contributed by atoms with Crippen LogP contribution >= 0.6 is 11.6 Å². The highest BCUT2D eigenvalue weighted by Crippen LogP contribution is 2.27. The number of amides is 1. The summed E-state index contributed by atoms with van der Waals surface area (Å²) in [5.74, 6) is -0.459. The number of nitrogens with one attached hydrogen (secondary N) is 1. The summed E-state index contributed by atoms with van der Waals surface area (Å²) in [6, 6.07) is 11.4. The van der Waals surface area contributed by atoms with E-state index in [9.17, 15) is 13.2 Å². The lowest BCUT2D eigenvalue weighted by atomic mass is 10.1. The second-order valence-corrected chi connectivity index (χ2v) is 8.26. The van der Waals surface area contributed by atoms with Crippen molar-refractivity contribution in [3.8, 4) is 0 Å². The first-order valence-corrected chi connectivity index (χ1v) is 9.96. The third-order valence-corrected chi connectivity index (χ3v) is 5.38. The van der Waals surface area contributed by atoms with Gasteiger partial charge in [0.1, 0.15) is 6.04 Å². The Morgan fingerprint density at radius 3 is 2.40 bits per heavy atom. The zero-order valence-corrected chi connectivity index (χ0v) is 16.1. The monoisotopic (exact) mass is 380 g/mol. The molecule has 1 atom stereocenters. The molecule has 0 fully saturated rings. The maximum absolute atomic E-state index is 12.6. The number of carbonyl (C=O) groups excluding carboxylic acids is 1. The van der Waals surface area contributed by atoms with Crippen molar-refractivity contribution in [1.29, 1.82) is 0 Å². The molecule has 25 heavy (non-hydrogen) atoms. The van der Waals surface area contributed by atoms with Gasteiger partial charge in [0.2, 0.25) is 15.9 Å². The highest BCUT2D eigenvalue weighted by atomic mass is 35.5. The van der Waals surface area contributed by atoms with E-state index >= 15 is 0 Å². The number of rotatable bonds is 5. The molecule has 0 saturated heterocycles. The summed E-state index contributed by atoms with van der Waals surface area (Å²) in [7, 11) is -3.66. The van der Waals surface area contributed by atoms with Crippen molar-refractivity contribution < 1.29 is 13.2 Å². The Balaban J connectivity index is 2.40. The smallest absolute Gasteiger partial charge is 0.248 e. The van der Waals surface area contributed by atoms with E-state index in [1.165, 1.54) is 0 Å². The Kier molecular flexibility index (Phi) is 5.75. The van der Waals surface area contributed by atoms with E-state index in [0.717, 1.165) is 21.7 Å². The molecule has 0 spiro atoms. The molecule has 7 heteroatoms. The van der Waals surface area contributed by atoms with E-state index in [4.69, 9.17) is 11.6 Å². The first-order chi connectivity index (χ1) is 11.6. The number of nitrogens with zero attached hydrogens (tertiary/aromatic N) is 1. The Bertz CT molecular complexity index is 897. The van der Waals surface area contributed by atoms with Gasteiger partial charge in [-0.15, -0.1) is 0 Å². The van der Waals surface area contributed by atoms with Gasteiger partial charge in [0.25, 0.3) is 0 Å². The minimum Gasteiger partial charge on any atom is -0.323 e. The molecule has 1 amide bonds. The van der Waals surface area contributed by atoms with Gasteiger partial charge >= 0.3 is 0 Å². The van der Waals surface area contributed by atoms with E-state index in [1.807, 2.05) is 26.0 Å². The third-order valence-electron chi connectivity index (χ3n) is 3.82. The maximum atomic E-state index is 12.6. The van der Waals surface area contributed by atoms with Gasteiger partial charge in [0.15, 0.2) is 0 Å². The Morgan fingerprint density at radius 2 is 1.80 bits per heavy atom. The van der Waals surface area contributed by atoms with Gasteiger partial charge in [-0.1, -0.05) is 35.9 Å². The fourth-order valence-electron chi connectivity index (χ4n) is 2.54. The summed E-state index contributed by atoms with van der Waals surface area (Å²) < 4.78 is 25.9. The number of carbonyl (C=O) groups is 1. The lowest BCUT2D eigenvalue weighted by Crippen LogP contribution is -2.45. The summed E-state index contributed by atoms with van der Waals surface area (Å²) in [6.07, 6.45) is 1.09. The molecule has 5 nitrogen and oxygen atoms in total. The van der Waals surface area contributed by atoms with Crippen LogP contribution in [0.1, 0.15) is 18.1 Å². The fourth-order valence-corrected chi connectivity index (χ4v) is 3.94. The quantitative estimate of drug-likeness (QED) is 0.858. The van der Waals surface area contributed by atoms with Crippen LogP contribution in [0.25, 0.3) is 0 Å². The molecule has 0 saturated carbocycles. The molecular formula is C18H21ClN2O3S. The minimum absolute atomic E-state index is 0.390. The molecule has 0 heterocycles. The average Bonchev–Trinajstić information content (AvgIpc) is 2.51. The number of halogens is 1.